The van der Waals surface area contributed by atoms with E-state index in [0.29, 0.717) is 15.7 Å². The van der Waals surface area contributed by atoms with Crippen LogP contribution in [0.25, 0.3) is 0 Å². The molecule has 0 aromatic carbocycles. The Balaban J connectivity index is 2.02. The monoisotopic (exact) mass is 290 g/mol. The molecule has 1 atom stereocenters. The highest BCUT2D eigenvalue weighted by Gasteiger charge is 2.17. The second kappa shape index (κ2) is 6.31. The van der Waals surface area contributed by atoms with Crippen molar-refractivity contribution in [2.75, 3.05) is 5.32 Å². The van der Waals surface area contributed by atoms with Crippen LogP contribution < -0.4 is 5.32 Å². The van der Waals surface area contributed by atoms with Crippen LogP contribution in [0, 0.1) is 11.3 Å². The molecule has 0 bridgehead atoms. The van der Waals surface area contributed by atoms with Gasteiger partial charge < -0.3 is 5.32 Å². The van der Waals surface area contributed by atoms with Crippen LogP contribution in [0.1, 0.15) is 12.5 Å². The number of amides is 1. The summed E-state index contributed by atoms with van der Waals surface area (Å²) in [4.78, 5) is 20.0. The van der Waals surface area contributed by atoms with Gasteiger partial charge in [-0.15, -0.1) is 11.3 Å². The van der Waals surface area contributed by atoms with Gasteiger partial charge in [0.1, 0.15) is 11.1 Å². The molecule has 96 valence electrons. The Morgan fingerprint density at radius 1 is 1.53 bits per heavy atom. The SMILES string of the molecule is C[C@@H](Sc1ncccc1C#N)C(=O)Nc1nccs1. The third kappa shape index (κ3) is 3.53. The van der Waals surface area contributed by atoms with E-state index in [9.17, 15) is 4.79 Å². The predicted molar refractivity (Wildman–Crippen MR) is 75.0 cm³/mol. The Hall–Kier alpha value is -1.91. The standard InChI is InChI=1S/C12H10N4OS2/c1-8(10(17)16-12-15-5-6-18-12)19-11-9(7-13)3-2-4-14-11/h2-6,8H,1H3,(H,15,16,17)/t8-/m1/s1. The Bertz CT molecular complexity index is 606. The normalized spacial score (nSPS) is 11.6. The minimum atomic E-state index is -0.356. The Morgan fingerprint density at radius 3 is 3.05 bits per heavy atom. The number of carbonyl (C=O) groups is 1. The summed E-state index contributed by atoms with van der Waals surface area (Å²) in [6.45, 7) is 1.77. The number of thiazole rings is 1. The lowest BCUT2D eigenvalue weighted by Crippen LogP contribution is -2.22. The van der Waals surface area contributed by atoms with Gasteiger partial charge in [0.25, 0.3) is 0 Å². The molecule has 0 fully saturated rings. The van der Waals surface area contributed by atoms with E-state index in [1.165, 1.54) is 23.1 Å². The van der Waals surface area contributed by atoms with Crippen molar-refractivity contribution < 1.29 is 4.79 Å². The van der Waals surface area contributed by atoms with Crippen LogP contribution in [0.2, 0.25) is 0 Å². The summed E-state index contributed by atoms with van der Waals surface area (Å²) in [6.07, 6.45) is 3.24. The fraction of sp³-hybridized carbons (Fsp3) is 0.167. The molecule has 0 aliphatic carbocycles. The highest BCUT2D eigenvalue weighted by Crippen LogP contribution is 2.25. The summed E-state index contributed by atoms with van der Waals surface area (Å²) in [5.41, 5.74) is 0.474. The zero-order valence-electron chi connectivity index (χ0n) is 10.0. The molecule has 5 nitrogen and oxygen atoms in total. The smallest absolute Gasteiger partial charge is 0.239 e. The summed E-state index contributed by atoms with van der Waals surface area (Å²) in [5, 5.41) is 14.2. The molecule has 0 aliphatic heterocycles. The van der Waals surface area contributed by atoms with E-state index in [0.717, 1.165) is 0 Å². The number of carbonyl (C=O) groups excluding carboxylic acids is 1. The van der Waals surface area contributed by atoms with Gasteiger partial charge >= 0.3 is 0 Å². The maximum absolute atomic E-state index is 11.9. The lowest BCUT2D eigenvalue weighted by molar-refractivity contribution is -0.115. The van der Waals surface area contributed by atoms with Crippen molar-refractivity contribution >= 4 is 34.1 Å². The molecule has 2 rings (SSSR count). The molecular formula is C12H10N4OS2. The van der Waals surface area contributed by atoms with Crippen molar-refractivity contribution in [3.63, 3.8) is 0 Å². The second-order valence-electron chi connectivity index (χ2n) is 3.55. The lowest BCUT2D eigenvalue weighted by atomic mass is 10.3. The first kappa shape index (κ1) is 13.5. The van der Waals surface area contributed by atoms with Gasteiger partial charge in [0.2, 0.25) is 5.91 Å². The van der Waals surface area contributed by atoms with E-state index in [1.807, 2.05) is 0 Å². The van der Waals surface area contributed by atoms with E-state index in [-0.39, 0.29) is 11.2 Å². The van der Waals surface area contributed by atoms with E-state index < -0.39 is 0 Å². The molecule has 7 heteroatoms. The first-order chi connectivity index (χ1) is 9.20. The van der Waals surface area contributed by atoms with Gasteiger partial charge in [-0.2, -0.15) is 5.26 Å². The van der Waals surface area contributed by atoms with Crippen molar-refractivity contribution in [3.8, 4) is 6.07 Å². The Kier molecular flexibility index (Phi) is 4.49. The number of pyridine rings is 1. The molecule has 19 heavy (non-hydrogen) atoms. The van der Waals surface area contributed by atoms with E-state index >= 15 is 0 Å². The first-order valence-corrected chi connectivity index (χ1v) is 7.19. The summed E-state index contributed by atoms with van der Waals surface area (Å²) in [7, 11) is 0. The number of nitrogens with zero attached hydrogens (tertiary/aromatic N) is 3. The molecule has 0 radical (unpaired) electrons. The first-order valence-electron chi connectivity index (χ1n) is 5.43. The third-order valence-electron chi connectivity index (χ3n) is 2.21. The fourth-order valence-electron chi connectivity index (χ4n) is 1.28. The Labute approximate surface area is 118 Å². The molecule has 1 N–H and O–H groups in total. The van der Waals surface area contributed by atoms with E-state index in [1.54, 1.807) is 36.8 Å². The van der Waals surface area contributed by atoms with Gasteiger partial charge in [-0.05, 0) is 19.1 Å². The topological polar surface area (TPSA) is 78.7 Å². The van der Waals surface area contributed by atoms with Gasteiger partial charge in [0.15, 0.2) is 5.13 Å². The molecule has 0 spiro atoms. The van der Waals surface area contributed by atoms with Gasteiger partial charge in [0, 0.05) is 17.8 Å². The maximum atomic E-state index is 11.9. The van der Waals surface area contributed by atoms with Crippen LogP contribution in [0.5, 0.6) is 0 Å². The molecule has 0 aliphatic rings. The molecule has 0 unspecified atom stereocenters. The Morgan fingerprint density at radius 2 is 2.37 bits per heavy atom. The summed E-state index contributed by atoms with van der Waals surface area (Å²) >= 11 is 2.62. The maximum Gasteiger partial charge on any atom is 0.239 e. The van der Waals surface area contributed by atoms with Crippen molar-refractivity contribution in [2.24, 2.45) is 0 Å². The van der Waals surface area contributed by atoms with Crippen LogP contribution in [0.15, 0.2) is 34.9 Å². The van der Waals surface area contributed by atoms with E-state index in [4.69, 9.17) is 5.26 Å². The van der Waals surface area contributed by atoms with Crippen LogP contribution in [-0.4, -0.2) is 21.1 Å². The predicted octanol–water partition coefficient (Wildman–Crippen LogP) is 2.53. The fourth-order valence-corrected chi connectivity index (χ4v) is 2.68. The molecule has 2 aromatic rings. The van der Waals surface area contributed by atoms with Crippen LogP contribution >= 0.6 is 23.1 Å². The third-order valence-corrected chi connectivity index (χ3v) is 4.02. The van der Waals surface area contributed by atoms with Crippen LogP contribution in [-0.2, 0) is 4.79 Å². The number of anilines is 1. The van der Waals surface area contributed by atoms with Crippen molar-refractivity contribution in [2.45, 2.75) is 17.2 Å². The van der Waals surface area contributed by atoms with Crippen LogP contribution in [0.3, 0.4) is 0 Å². The number of thioether (sulfide) groups is 1. The van der Waals surface area contributed by atoms with Crippen molar-refractivity contribution in [3.05, 3.63) is 35.5 Å². The highest BCUT2D eigenvalue weighted by atomic mass is 32.2. The number of aromatic nitrogens is 2. The average molecular weight is 290 g/mol. The average Bonchev–Trinajstić information content (AvgIpc) is 2.92. The molecule has 2 aromatic heterocycles. The number of nitriles is 1. The quantitative estimate of drug-likeness (QED) is 0.875. The molecular weight excluding hydrogens is 280 g/mol. The molecule has 0 saturated heterocycles. The van der Waals surface area contributed by atoms with Crippen molar-refractivity contribution in [1.29, 1.82) is 5.26 Å². The summed E-state index contributed by atoms with van der Waals surface area (Å²) < 4.78 is 0. The molecule has 0 saturated carbocycles. The lowest BCUT2D eigenvalue weighted by Gasteiger charge is -2.10. The number of rotatable bonds is 4. The van der Waals surface area contributed by atoms with Crippen LogP contribution in [0.4, 0.5) is 5.13 Å². The van der Waals surface area contributed by atoms with Gasteiger partial charge in [0.05, 0.1) is 10.8 Å². The zero-order chi connectivity index (χ0) is 13.7. The number of nitrogens with one attached hydrogen (secondary N) is 1. The number of hydrogen-bond acceptors (Lipinski definition) is 6. The summed E-state index contributed by atoms with van der Waals surface area (Å²) in [5.74, 6) is -0.158. The molecule has 2 heterocycles. The van der Waals surface area contributed by atoms with E-state index in [2.05, 4.69) is 21.4 Å². The zero-order valence-corrected chi connectivity index (χ0v) is 11.7. The van der Waals surface area contributed by atoms with Gasteiger partial charge in [-0.3, -0.25) is 4.79 Å². The van der Waals surface area contributed by atoms with Crippen molar-refractivity contribution in [1.82, 2.24) is 9.97 Å². The van der Waals surface area contributed by atoms with Gasteiger partial charge in [-0.25, -0.2) is 9.97 Å². The minimum Gasteiger partial charge on any atom is -0.301 e. The van der Waals surface area contributed by atoms with Gasteiger partial charge in [-0.1, -0.05) is 11.8 Å². The molecule has 1 amide bonds. The second-order valence-corrected chi connectivity index (χ2v) is 5.78. The summed E-state index contributed by atoms with van der Waals surface area (Å²) in [6, 6.07) is 5.44. The number of hydrogen-bond donors (Lipinski definition) is 1. The largest absolute Gasteiger partial charge is 0.301 e. The minimum absolute atomic E-state index is 0.158. The highest BCUT2D eigenvalue weighted by molar-refractivity contribution is 8.00.